The van der Waals surface area contributed by atoms with Crippen molar-refractivity contribution in [1.82, 2.24) is 25.8 Å². The Labute approximate surface area is 396 Å². The zero-order valence-corrected chi connectivity index (χ0v) is 40.3. The molecule has 2 bridgehead atoms. The van der Waals surface area contributed by atoms with Gasteiger partial charge >= 0.3 is 0 Å². The first kappa shape index (κ1) is 48.1. The lowest BCUT2D eigenvalue weighted by Crippen LogP contribution is -2.74. The number of amides is 5. The maximum atomic E-state index is 13.8. The van der Waals surface area contributed by atoms with Gasteiger partial charge in [-0.3, -0.25) is 24.0 Å². The first-order valence-electron chi connectivity index (χ1n) is 23.8. The van der Waals surface area contributed by atoms with E-state index in [0.717, 1.165) is 57.6 Å². The van der Waals surface area contributed by atoms with Crippen LogP contribution in [0.3, 0.4) is 0 Å². The van der Waals surface area contributed by atoms with Crippen LogP contribution in [0.1, 0.15) is 104 Å². The molecule has 358 valence electrons. The third-order valence-corrected chi connectivity index (χ3v) is 15.4. The molecule has 0 radical (unpaired) electrons. The summed E-state index contributed by atoms with van der Waals surface area (Å²) in [4.78, 5) is 83.8. The highest BCUT2D eigenvalue weighted by Gasteiger charge is 2.74. The maximum absolute atomic E-state index is 13.8. The average molecular weight is 937 g/mol. The number of fused-ring (bicyclic) bond motifs is 4. The Bertz CT molecular complexity index is 2440. The molecule has 2 aliphatic carbocycles. The van der Waals surface area contributed by atoms with Crippen molar-refractivity contribution in [3.8, 4) is 16.3 Å². The van der Waals surface area contributed by atoms with E-state index >= 15 is 0 Å². The highest BCUT2D eigenvalue weighted by atomic mass is 32.1. The summed E-state index contributed by atoms with van der Waals surface area (Å²) >= 11 is 1.60. The van der Waals surface area contributed by atoms with Gasteiger partial charge in [-0.2, -0.15) is 4.89 Å². The molecule has 3 aromatic carbocycles. The van der Waals surface area contributed by atoms with Crippen molar-refractivity contribution in [2.75, 3.05) is 19.0 Å². The Morgan fingerprint density at radius 2 is 1.66 bits per heavy atom. The second kappa shape index (κ2) is 20.0. The van der Waals surface area contributed by atoms with E-state index in [2.05, 4.69) is 46.4 Å². The highest BCUT2D eigenvalue weighted by molar-refractivity contribution is 7.21. The van der Waals surface area contributed by atoms with E-state index in [1.54, 1.807) is 37.5 Å². The number of methoxy groups -OCH3 is 1. The van der Waals surface area contributed by atoms with Crippen LogP contribution < -0.4 is 26.0 Å². The highest BCUT2D eigenvalue weighted by Crippen LogP contribution is 2.65. The van der Waals surface area contributed by atoms with E-state index in [-0.39, 0.29) is 24.3 Å². The minimum absolute atomic E-state index is 0.220. The predicted octanol–water partition coefficient (Wildman–Crippen LogP) is 7.38. The van der Waals surface area contributed by atoms with Gasteiger partial charge in [0.25, 0.3) is 5.79 Å². The van der Waals surface area contributed by atoms with Crippen molar-refractivity contribution in [2.45, 2.75) is 135 Å². The number of hydrogen-bond acceptors (Lipinski definition) is 11. The fraction of sp³-hybridized carbons (Fsp3) is 0.529. The van der Waals surface area contributed by atoms with Gasteiger partial charge in [-0.1, -0.05) is 70.4 Å². The summed E-state index contributed by atoms with van der Waals surface area (Å²) in [5.74, 6) is -1.58. The zero-order chi connectivity index (χ0) is 47.6. The summed E-state index contributed by atoms with van der Waals surface area (Å²) in [5, 5.41) is 11.8. The monoisotopic (exact) mass is 936 g/mol. The lowest BCUT2D eigenvalue weighted by atomic mass is 9.54. The van der Waals surface area contributed by atoms with Gasteiger partial charge in [-0.05, 0) is 112 Å². The van der Waals surface area contributed by atoms with Gasteiger partial charge in [0.1, 0.15) is 41.5 Å². The molecule has 2 aliphatic heterocycles. The molecule has 4 fully saturated rings. The third kappa shape index (κ3) is 9.42. The molecule has 16 heteroatoms. The molecule has 2 saturated heterocycles. The molecule has 15 nitrogen and oxygen atoms in total. The van der Waals surface area contributed by atoms with Gasteiger partial charge in [0.15, 0.2) is 5.60 Å². The molecule has 4 N–H and O–H groups in total. The SMILES string of the molecule is CCC1CC2CCCC(C2)C12OOC2(OC)c1ccc(-c2nc3ccccc3s2)c(OCc2ccc(NC(=O)[C@H](NC(=O)[C@H]3CCCN3C(=O)[C@@H](C)NC(=O)[C@H](C)NC(C)=O)C(C)C)cc2)c1. The summed E-state index contributed by atoms with van der Waals surface area (Å²) in [7, 11) is 1.71. The predicted molar refractivity (Wildman–Crippen MR) is 254 cm³/mol. The van der Waals surface area contributed by atoms with Gasteiger partial charge in [0, 0.05) is 31.8 Å². The number of carbonyl (C=O) groups is 5. The van der Waals surface area contributed by atoms with Crippen molar-refractivity contribution < 1.29 is 43.2 Å². The van der Waals surface area contributed by atoms with Crippen LogP contribution in [0.5, 0.6) is 5.75 Å². The number of rotatable bonds is 16. The first-order valence-corrected chi connectivity index (χ1v) is 24.6. The third-order valence-electron chi connectivity index (χ3n) is 14.3. The van der Waals surface area contributed by atoms with E-state index in [1.165, 1.54) is 31.6 Å². The fourth-order valence-corrected chi connectivity index (χ4v) is 11.9. The molecule has 4 aliphatic rings. The van der Waals surface area contributed by atoms with Crippen LogP contribution in [-0.4, -0.2) is 82.8 Å². The molecular formula is C51H64N6O9S. The number of carbonyl (C=O) groups excluding carboxylic acids is 5. The molecule has 5 amide bonds. The maximum Gasteiger partial charge on any atom is 0.260 e. The quantitative estimate of drug-likeness (QED) is 0.0827. The number of thiazole rings is 1. The first-order chi connectivity index (χ1) is 32.2. The number of hydrogen-bond donors (Lipinski definition) is 4. The zero-order valence-electron chi connectivity index (χ0n) is 39.5. The second-order valence-electron chi connectivity index (χ2n) is 19.1. The minimum Gasteiger partial charge on any atom is -0.488 e. The van der Waals surface area contributed by atoms with E-state index in [1.807, 2.05) is 50.2 Å². The van der Waals surface area contributed by atoms with Crippen LogP contribution in [0.25, 0.3) is 20.8 Å². The summed E-state index contributed by atoms with van der Waals surface area (Å²) in [6.07, 6.45) is 7.68. The van der Waals surface area contributed by atoms with Gasteiger partial charge in [-0.15, -0.1) is 11.3 Å². The molecule has 8 rings (SSSR count). The number of nitrogens with one attached hydrogen (secondary N) is 4. The standard InChI is InChI=1S/C51H64N6O9S/c1-8-35-25-34-13-11-14-36(26-34)50(35)51(63-7,66-65-50)37-20-23-39(48-55-40-15-9-10-17-43(40)67-48)42(27-37)64-28-33-18-21-38(22-19-33)54-47(61)44(29(2)3)56-46(60)41-16-12-24-57(41)49(62)31(5)53-45(59)30(4)52-32(6)58/h9-10,15,17-23,27,29-31,34-36,41,44H,8,11-14,16,24-26,28H2,1-7H3,(H,52,58)(H,53,59)(H,54,61)(H,56,60)/t30-,31+,34?,35?,36?,41+,44+,50?,51?/m0/s1. The van der Waals surface area contributed by atoms with Crippen LogP contribution >= 0.6 is 11.3 Å². The molecule has 3 heterocycles. The summed E-state index contributed by atoms with van der Waals surface area (Å²) < 4.78 is 14.2. The molecule has 9 atom stereocenters. The van der Waals surface area contributed by atoms with Crippen LogP contribution in [-0.2, 0) is 50.9 Å². The number of benzene rings is 3. The fourth-order valence-electron chi connectivity index (χ4n) is 10.9. The van der Waals surface area contributed by atoms with E-state index < -0.39 is 59.2 Å². The summed E-state index contributed by atoms with van der Waals surface area (Å²) in [5.41, 5.74) is 3.40. The molecule has 1 spiro atoms. The van der Waals surface area contributed by atoms with Gasteiger partial charge in [0.05, 0.1) is 15.8 Å². The lowest BCUT2D eigenvalue weighted by Gasteiger charge is -2.64. The van der Waals surface area contributed by atoms with Crippen molar-refractivity contribution in [3.63, 3.8) is 0 Å². The van der Waals surface area contributed by atoms with E-state index in [4.69, 9.17) is 24.2 Å². The van der Waals surface area contributed by atoms with Crippen LogP contribution in [0.2, 0.25) is 0 Å². The topological polar surface area (TPSA) is 187 Å². The smallest absolute Gasteiger partial charge is 0.260 e. The largest absolute Gasteiger partial charge is 0.488 e. The van der Waals surface area contributed by atoms with Crippen LogP contribution in [0.15, 0.2) is 66.7 Å². The minimum atomic E-state index is -1.10. The van der Waals surface area contributed by atoms with Crippen molar-refractivity contribution >= 4 is 56.8 Å². The van der Waals surface area contributed by atoms with E-state index in [0.29, 0.717) is 42.7 Å². The molecule has 2 saturated carbocycles. The Kier molecular flexibility index (Phi) is 14.4. The van der Waals surface area contributed by atoms with Crippen LogP contribution in [0, 0.1) is 23.7 Å². The molecule has 5 unspecified atom stereocenters. The molecule has 67 heavy (non-hydrogen) atoms. The van der Waals surface area contributed by atoms with Crippen molar-refractivity contribution in [2.24, 2.45) is 23.7 Å². The number of nitrogens with zero attached hydrogens (tertiary/aromatic N) is 2. The number of aromatic nitrogens is 1. The average Bonchev–Trinajstić information content (AvgIpc) is 3.98. The number of likely N-dealkylation sites (tertiary alicyclic amines) is 1. The van der Waals surface area contributed by atoms with Gasteiger partial charge in [0.2, 0.25) is 29.5 Å². The molecular weight excluding hydrogens is 873 g/mol. The number of para-hydroxylation sites is 1. The molecule has 4 aromatic rings. The van der Waals surface area contributed by atoms with Gasteiger partial charge in [-0.25, -0.2) is 9.87 Å². The Hall–Kier alpha value is -5.42. The molecule has 1 aromatic heterocycles. The number of anilines is 1. The van der Waals surface area contributed by atoms with Crippen LogP contribution in [0.4, 0.5) is 5.69 Å². The summed E-state index contributed by atoms with van der Waals surface area (Å²) in [6.45, 7) is 10.8. The Balaban J connectivity index is 0.955. The van der Waals surface area contributed by atoms with Gasteiger partial charge < -0.3 is 35.6 Å². The lowest BCUT2D eigenvalue weighted by molar-refractivity contribution is -0.641. The second-order valence-corrected chi connectivity index (χ2v) is 20.1. The number of ether oxygens (including phenoxy) is 2. The summed E-state index contributed by atoms with van der Waals surface area (Å²) in [6, 6.07) is 18.1. The Morgan fingerprint density at radius 3 is 2.34 bits per heavy atom. The van der Waals surface area contributed by atoms with Crippen molar-refractivity contribution in [3.05, 3.63) is 77.9 Å². The van der Waals surface area contributed by atoms with Crippen molar-refractivity contribution in [1.29, 1.82) is 0 Å². The Morgan fingerprint density at radius 1 is 0.881 bits per heavy atom. The van der Waals surface area contributed by atoms with E-state index in [9.17, 15) is 24.0 Å². The normalized spacial score (nSPS) is 25.8.